The Morgan fingerprint density at radius 2 is 1.75 bits per heavy atom. The molecule has 3 atom stereocenters. The molecule has 36 heavy (non-hydrogen) atoms. The Labute approximate surface area is 212 Å². The summed E-state index contributed by atoms with van der Waals surface area (Å²) in [6.45, 7) is 2.17. The molecular formula is C27H26N4O4S. The summed E-state index contributed by atoms with van der Waals surface area (Å²) < 4.78 is 1.87. The van der Waals surface area contributed by atoms with Crippen LogP contribution in [0.1, 0.15) is 22.9 Å². The van der Waals surface area contributed by atoms with Crippen LogP contribution in [-0.2, 0) is 22.6 Å². The summed E-state index contributed by atoms with van der Waals surface area (Å²) in [5.41, 5.74) is 0.0168. The number of carbonyl (C=O) groups is 3. The van der Waals surface area contributed by atoms with E-state index >= 15 is 0 Å². The van der Waals surface area contributed by atoms with Crippen LogP contribution in [0.5, 0.6) is 0 Å². The van der Waals surface area contributed by atoms with Gasteiger partial charge >= 0.3 is 6.03 Å². The Morgan fingerprint density at radius 1 is 0.917 bits per heavy atom. The number of urea groups is 1. The Bertz CT molecular complexity index is 1390. The number of carbonyl (C=O) groups excluding carboxylic acids is 3. The first kappa shape index (κ1) is 22.9. The first-order chi connectivity index (χ1) is 17.4. The van der Waals surface area contributed by atoms with Gasteiger partial charge in [0.15, 0.2) is 0 Å². The second kappa shape index (κ2) is 8.83. The van der Waals surface area contributed by atoms with E-state index in [2.05, 4.69) is 10.2 Å². The third-order valence-corrected chi connectivity index (χ3v) is 8.47. The zero-order valence-electron chi connectivity index (χ0n) is 19.6. The Hall–Kier alpha value is -3.56. The van der Waals surface area contributed by atoms with Crippen molar-refractivity contribution in [3.63, 3.8) is 0 Å². The highest BCUT2D eigenvalue weighted by molar-refractivity contribution is 7.09. The molecule has 6 rings (SSSR count). The fraction of sp³-hybridized carbons (Fsp3) is 0.333. The largest absolute Gasteiger partial charge is 0.335 e. The molecule has 3 aliphatic heterocycles. The number of likely N-dealkylation sites (tertiary alicyclic amines) is 1. The molecule has 3 aromatic rings. The van der Waals surface area contributed by atoms with Crippen LogP contribution >= 0.6 is 11.3 Å². The lowest BCUT2D eigenvalue weighted by Crippen LogP contribution is -2.68. The van der Waals surface area contributed by atoms with Crippen molar-refractivity contribution in [2.45, 2.75) is 25.3 Å². The number of thiophene rings is 1. The molecular weight excluding hydrogens is 476 g/mol. The lowest BCUT2D eigenvalue weighted by atomic mass is 9.77. The van der Waals surface area contributed by atoms with Gasteiger partial charge in [0, 0.05) is 55.2 Å². The number of hydrogen-bond donors (Lipinski definition) is 1. The molecule has 0 radical (unpaired) electrons. The SMILES string of the molecule is O=C1NC(=O)[C@@](Cc2cccs2)(CN2C[C@@H]3C[C@@H](C2)c2cccc(=O)n2C3)C(=O)N1c1ccccc1. The first-order valence-corrected chi connectivity index (χ1v) is 13.0. The summed E-state index contributed by atoms with van der Waals surface area (Å²) in [6, 6.07) is 17.2. The third-order valence-electron chi connectivity index (χ3n) is 7.59. The normalized spacial score (nSPS) is 26.0. The number of amides is 4. The molecule has 0 aliphatic carbocycles. The summed E-state index contributed by atoms with van der Waals surface area (Å²) in [5, 5.41) is 4.41. The molecule has 184 valence electrons. The van der Waals surface area contributed by atoms with Crippen LogP contribution in [0.2, 0.25) is 0 Å². The van der Waals surface area contributed by atoms with Gasteiger partial charge in [0.2, 0.25) is 5.91 Å². The maximum Gasteiger partial charge on any atom is 0.335 e. The average molecular weight is 503 g/mol. The summed E-state index contributed by atoms with van der Waals surface area (Å²) in [4.78, 5) is 57.2. The molecule has 0 saturated carbocycles. The van der Waals surface area contributed by atoms with Gasteiger partial charge in [0.1, 0.15) is 5.41 Å². The predicted molar refractivity (Wildman–Crippen MR) is 136 cm³/mol. The average Bonchev–Trinajstić information content (AvgIpc) is 3.37. The van der Waals surface area contributed by atoms with E-state index in [9.17, 15) is 19.2 Å². The topological polar surface area (TPSA) is 91.7 Å². The number of pyridine rings is 1. The molecule has 5 heterocycles. The number of fused-ring (bicyclic) bond motifs is 4. The first-order valence-electron chi connectivity index (χ1n) is 12.1. The number of imide groups is 2. The van der Waals surface area contributed by atoms with Crippen molar-refractivity contribution in [2.75, 3.05) is 24.5 Å². The van der Waals surface area contributed by atoms with E-state index in [-0.39, 0.29) is 30.4 Å². The molecule has 2 saturated heterocycles. The number of anilines is 1. The standard InChI is InChI=1S/C27H26N4O4S/c32-23-10-4-9-22-19-12-18(15-30(22)23)14-29(16-19)17-27(13-21-8-5-11-36-21)24(33)28-26(35)31(25(27)34)20-6-2-1-3-7-20/h1-11,18-19H,12-17H2,(H,28,33,35)/t18-,19-,27+/m0/s1. The Balaban J connectivity index is 1.36. The van der Waals surface area contributed by atoms with Gasteiger partial charge in [-0.05, 0) is 42.0 Å². The number of barbiturate groups is 1. The van der Waals surface area contributed by atoms with Gasteiger partial charge in [-0.3, -0.25) is 19.7 Å². The zero-order valence-corrected chi connectivity index (χ0v) is 20.4. The molecule has 2 bridgehead atoms. The molecule has 1 aromatic carbocycles. The summed E-state index contributed by atoms with van der Waals surface area (Å²) >= 11 is 1.50. The Morgan fingerprint density at radius 3 is 2.53 bits per heavy atom. The summed E-state index contributed by atoms with van der Waals surface area (Å²) in [5.74, 6) is -0.642. The highest BCUT2D eigenvalue weighted by atomic mass is 32.1. The lowest BCUT2D eigenvalue weighted by molar-refractivity contribution is -0.144. The molecule has 3 aliphatic rings. The number of nitrogens with zero attached hydrogens (tertiary/aromatic N) is 3. The molecule has 2 fully saturated rings. The van der Waals surface area contributed by atoms with E-state index in [1.807, 2.05) is 34.2 Å². The quantitative estimate of drug-likeness (QED) is 0.542. The number of hydrogen-bond acceptors (Lipinski definition) is 6. The van der Waals surface area contributed by atoms with Gasteiger partial charge in [-0.1, -0.05) is 30.3 Å². The van der Waals surface area contributed by atoms with Gasteiger partial charge < -0.3 is 9.47 Å². The van der Waals surface area contributed by atoms with E-state index in [1.54, 1.807) is 36.4 Å². The molecule has 9 heteroatoms. The summed E-state index contributed by atoms with van der Waals surface area (Å²) in [7, 11) is 0. The fourth-order valence-electron chi connectivity index (χ4n) is 6.06. The van der Waals surface area contributed by atoms with Crippen molar-refractivity contribution in [2.24, 2.45) is 11.3 Å². The lowest BCUT2D eigenvalue weighted by Gasteiger charge is -2.47. The van der Waals surface area contributed by atoms with Gasteiger partial charge in [-0.25, -0.2) is 9.69 Å². The highest BCUT2D eigenvalue weighted by Crippen LogP contribution is 2.39. The van der Waals surface area contributed by atoms with Crippen molar-refractivity contribution in [1.82, 2.24) is 14.8 Å². The fourth-order valence-corrected chi connectivity index (χ4v) is 6.87. The maximum absolute atomic E-state index is 14.1. The van der Waals surface area contributed by atoms with Crippen molar-refractivity contribution in [3.05, 3.63) is 87.0 Å². The van der Waals surface area contributed by atoms with Crippen LogP contribution < -0.4 is 15.8 Å². The van der Waals surface area contributed by atoms with Crippen LogP contribution in [0.3, 0.4) is 0 Å². The third kappa shape index (κ3) is 3.79. The Kier molecular flexibility index (Phi) is 5.61. The number of piperidine rings is 1. The maximum atomic E-state index is 14.1. The van der Waals surface area contributed by atoms with Crippen LogP contribution in [0.25, 0.3) is 0 Å². The number of nitrogens with one attached hydrogen (secondary N) is 1. The van der Waals surface area contributed by atoms with Crippen molar-refractivity contribution in [1.29, 1.82) is 0 Å². The minimum Gasteiger partial charge on any atom is -0.312 e. The van der Waals surface area contributed by atoms with E-state index < -0.39 is 23.3 Å². The molecule has 8 nitrogen and oxygen atoms in total. The molecule has 2 aromatic heterocycles. The highest BCUT2D eigenvalue weighted by Gasteiger charge is 2.56. The monoisotopic (exact) mass is 502 g/mol. The van der Waals surface area contributed by atoms with E-state index in [1.165, 1.54) is 11.3 Å². The zero-order chi connectivity index (χ0) is 24.9. The molecule has 4 amide bonds. The number of para-hydroxylation sites is 1. The minimum absolute atomic E-state index is 0.0173. The van der Waals surface area contributed by atoms with Crippen molar-refractivity contribution < 1.29 is 14.4 Å². The van der Waals surface area contributed by atoms with Gasteiger partial charge in [-0.15, -0.1) is 11.3 Å². The number of aromatic nitrogens is 1. The van der Waals surface area contributed by atoms with Gasteiger partial charge in [-0.2, -0.15) is 0 Å². The number of rotatable bonds is 5. The molecule has 1 N–H and O–H groups in total. The summed E-state index contributed by atoms with van der Waals surface area (Å²) in [6.07, 6.45) is 1.19. The van der Waals surface area contributed by atoms with E-state index in [4.69, 9.17) is 0 Å². The van der Waals surface area contributed by atoms with Gasteiger partial charge in [0.05, 0.1) is 5.69 Å². The molecule has 0 spiro atoms. The van der Waals surface area contributed by atoms with Crippen LogP contribution in [0.4, 0.5) is 10.5 Å². The van der Waals surface area contributed by atoms with Crippen LogP contribution in [-0.4, -0.2) is 46.9 Å². The second-order valence-electron chi connectivity index (χ2n) is 9.97. The predicted octanol–water partition coefficient (Wildman–Crippen LogP) is 2.84. The second-order valence-corrected chi connectivity index (χ2v) is 11.0. The van der Waals surface area contributed by atoms with Crippen molar-refractivity contribution in [3.8, 4) is 0 Å². The molecule has 0 unspecified atom stereocenters. The van der Waals surface area contributed by atoms with Crippen molar-refractivity contribution >= 4 is 34.9 Å². The smallest absolute Gasteiger partial charge is 0.312 e. The van der Waals surface area contributed by atoms with E-state index in [0.717, 1.165) is 21.9 Å². The van der Waals surface area contributed by atoms with Crippen LogP contribution in [0.15, 0.2) is 70.8 Å². The van der Waals surface area contributed by atoms with Gasteiger partial charge in [0.25, 0.3) is 11.5 Å². The van der Waals surface area contributed by atoms with Crippen LogP contribution in [0, 0.1) is 11.3 Å². The minimum atomic E-state index is -1.45. The van der Waals surface area contributed by atoms with E-state index in [0.29, 0.717) is 25.3 Å². The number of benzene rings is 1.